The number of hydrogen-bond donors (Lipinski definition) is 1. The maximum absolute atomic E-state index is 13.3. The van der Waals surface area contributed by atoms with Crippen LogP contribution in [-0.4, -0.2) is 5.91 Å². The molecule has 152 valence electrons. The highest BCUT2D eigenvalue weighted by atomic mass is 35.5. The first-order valence-electron chi connectivity index (χ1n) is 10.6. The summed E-state index contributed by atoms with van der Waals surface area (Å²) in [5.41, 5.74) is 6.33. The molecule has 1 amide bonds. The van der Waals surface area contributed by atoms with Gasteiger partial charge in [0.05, 0.1) is 6.04 Å². The molecule has 1 aliphatic rings. The largest absolute Gasteiger partial charge is 0.345 e. The highest BCUT2D eigenvalue weighted by Crippen LogP contribution is 2.27. The molecule has 3 aromatic carbocycles. The minimum Gasteiger partial charge on any atom is -0.345 e. The standard InChI is InChI=1S/C27H26ClNO/c1-19(22-16-15-20-9-5-6-12-23(20)17-22)29-27(30)25(21-10-3-2-4-11-21)18-24-13-7-8-14-26(24)28/h2-4,7-8,10-11,13-19H,5-6,9,12H2,1H3,(H,29,30)/b25-18+/t19-/m0/s1. The smallest absolute Gasteiger partial charge is 0.252 e. The zero-order valence-corrected chi connectivity index (χ0v) is 18.0. The Morgan fingerprint density at radius 2 is 1.63 bits per heavy atom. The Balaban J connectivity index is 1.61. The van der Waals surface area contributed by atoms with Crippen molar-refractivity contribution in [3.63, 3.8) is 0 Å². The number of rotatable bonds is 5. The number of carbonyl (C=O) groups excluding carboxylic acids is 1. The zero-order chi connectivity index (χ0) is 20.9. The highest BCUT2D eigenvalue weighted by Gasteiger charge is 2.18. The average molecular weight is 416 g/mol. The molecule has 0 saturated heterocycles. The van der Waals surface area contributed by atoms with Crippen LogP contribution in [0.3, 0.4) is 0 Å². The van der Waals surface area contributed by atoms with Gasteiger partial charge < -0.3 is 5.32 Å². The third-order valence-corrected chi connectivity index (χ3v) is 6.10. The molecule has 0 aromatic heterocycles. The summed E-state index contributed by atoms with van der Waals surface area (Å²) in [7, 11) is 0. The molecular weight excluding hydrogens is 390 g/mol. The number of benzene rings is 3. The lowest BCUT2D eigenvalue weighted by Gasteiger charge is -2.20. The molecule has 1 aliphatic carbocycles. The molecule has 0 saturated carbocycles. The molecule has 3 heteroatoms. The van der Waals surface area contributed by atoms with Crippen molar-refractivity contribution in [1.29, 1.82) is 0 Å². The van der Waals surface area contributed by atoms with Gasteiger partial charge in [0.15, 0.2) is 0 Å². The average Bonchev–Trinajstić information content (AvgIpc) is 2.78. The van der Waals surface area contributed by atoms with Crippen molar-refractivity contribution in [2.45, 2.75) is 38.6 Å². The van der Waals surface area contributed by atoms with Gasteiger partial charge in [0.1, 0.15) is 0 Å². The van der Waals surface area contributed by atoms with Crippen molar-refractivity contribution in [1.82, 2.24) is 5.32 Å². The molecule has 3 aromatic rings. The number of nitrogens with one attached hydrogen (secondary N) is 1. The molecule has 0 radical (unpaired) electrons. The zero-order valence-electron chi connectivity index (χ0n) is 17.2. The summed E-state index contributed by atoms with van der Waals surface area (Å²) in [6.45, 7) is 2.04. The lowest BCUT2D eigenvalue weighted by Crippen LogP contribution is -2.27. The van der Waals surface area contributed by atoms with E-state index in [0.29, 0.717) is 10.6 Å². The Labute approximate surface area is 183 Å². The van der Waals surface area contributed by atoms with Crippen LogP contribution in [-0.2, 0) is 17.6 Å². The Morgan fingerprint density at radius 3 is 2.40 bits per heavy atom. The topological polar surface area (TPSA) is 29.1 Å². The fraction of sp³-hybridized carbons (Fsp3) is 0.222. The van der Waals surface area contributed by atoms with Crippen molar-refractivity contribution in [3.05, 3.63) is 106 Å². The van der Waals surface area contributed by atoms with Gasteiger partial charge in [-0.25, -0.2) is 0 Å². The van der Waals surface area contributed by atoms with Gasteiger partial charge in [0.25, 0.3) is 5.91 Å². The number of halogens is 1. The van der Waals surface area contributed by atoms with Gasteiger partial charge in [0, 0.05) is 10.6 Å². The van der Waals surface area contributed by atoms with Crippen LogP contribution in [0.25, 0.3) is 11.6 Å². The number of carbonyl (C=O) groups is 1. The van der Waals surface area contributed by atoms with Gasteiger partial charge in [-0.15, -0.1) is 0 Å². The van der Waals surface area contributed by atoms with Crippen LogP contribution in [0.2, 0.25) is 5.02 Å². The fourth-order valence-corrected chi connectivity index (χ4v) is 4.22. The summed E-state index contributed by atoms with van der Waals surface area (Å²) in [4.78, 5) is 13.3. The van der Waals surface area contributed by atoms with Crippen LogP contribution >= 0.6 is 11.6 Å². The molecule has 0 unspecified atom stereocenters. The Hall–Kier alpha value is -2.84. The molecule has 0 heterocycles. The van der Waals surface area contributed by atoms with Crippen LogP contribution in [0.1, 0.15) is 53.6 Å². The van der Waals surface area contributed by atoms with Gasteiger partial charge in [-0.1, -0.05) is 78.3 Å². The SMILES string of the molecule is C[C@H](NC(=O)/C(=C/c1ccccc1Cl)c1ccccc1)c1ccc2c(c1)CCCC2. The van der Waals surface area contributed by atoms with Crippen molar-refractivity contribution in [2.24, 2.45) is 0 Å². The van der Waals surface area contributed by atoms with E-state index in [1.54, 1.807) is 0 Å². The monoisotopic (exact) mass is 415 g/mol. The third-order valence-electron chi connectivity index (χ3n) is 5.75. The predicted octanol–water partition coefficient (Wildman–Crippen LogP) is 6.64. The highest BCUT2D eigenvalue weighted by molar-refractivity contribution is 6.33. The maximum atomic E-state index is 13.3. The van der Waals surface area contributed by atoms with E-state index in [1.807, 2.05) is 67.6 Å². The minimum absolute atomic E-state index is 0.0805. The summed E-state index contributed by atoms with van der Waals surface area (Å²) in [5.74, 6) is -0.105. The van der Waals surface area contributed by atoms with Gasteiger partial charge in [0.2, 0.25) is 0 Å². The normalized spacial score (nSPS) is 14.7. The number of fused-ring (bicyclic) bond motifs is 1. The first kappa shape index (κ1) is 20.4. The molecule has 1 N–H and O–H groups in total. The van der Waals surface area contributed by atoms with E-state index in [0.717, 1.165) is 29.5 Å². The first-order chi connectivity index (χ1) is 14.6. The van der Waals surface area contributed by atoms with Crippen LogP contribution in [0.4, 0.5) is 0 Å². The molecule has 1 atom stereocenters. The molecule has 0 bridgehead atoms. The van der Waals surface area contributed by atoms with Crippen molar-refractivity contribution in [3.8, 4) is 0 Å². The summed E-state index contributed by atoms with van der Waals surface area (Å²) in [6.07, 6.45) is 6.68. The number of hydrogen-bond acceptors (Lipinski definition) is 1. The summed E-state index contributed by atoms with van der Waals surface area (Å²) in [5, 5.41) is 3.82. The maximum Gasteiger partial charge on any atom is 0.252 e. The summed E-state index contributed by atoms with van der Waals surface area (Å²) < 4.78 is 0. The summed E-state index contributed by atoms with van der Waals surface area (Å²) >= 11 is 6.35. The summed E-state index contributed by atoms with van der Waals surface area (Å²) in [6, 6.07) is 23.9. The second kappa shape index (κ2) is 9.32. The number of aryl methyl sites for hydroxylation is 2. The van der Waals surface area contributed by atoms with E-state index in [2.05, 4.69) is 23.5 Å². The Morgan fingerprint density at radius 1 is 0.933 bits per heavy atom. The van der Waals surface area contributed by atoms with E-state index >= 15 is 0 Å². The van der Waals surface area contributed by atoms with Crippen molar-refractivity contribution < 1.29 is 4.79 Å². The second-order valence-electron chi connectivity index (χ2n) is 7.88. The van der Waals surface area contributed by atoms with Gasteiger partial charge in [-0.2, -0.15) is 0 Å². The van der Waals surface area contributed by atoms with Crippen LogP contribution in [0, 0.1) is 0 Å². The lowest BCUT2D eigenvalue weighted by molar-refractivity contribution is -0.116. The van der Waals surface area contributed by atoms with Gasteiger partial charge in [-0.05, 0) is 72.6 Å². The molecule has 0 fully saturated rings. The number of amides is 1. The van der Waals surface area contributed by atoms with Gasteiger partial charge >= 0.3 is 0 Å². The molecular formula is C27H26ClNO. The van der Waals surface area contributed by atoms with E-state index in [-0.39, 0.29) is 11.9 Å². The lowest BCUT2D eigenvalue weighted by atomic mass is 9.89. The quantitative estimate of drug-likeness (QED) is 0.367. The Kier molecular flexibility index (Phi) is 6.35. The third kappa shape index (κ3) is 4.66. The molecule has 2 nitrogen and oxygen atoms in total. The van der Waals surface area contributed by atoms with Crippen LogP contribution in [0.15, 0.2) is 72.8 Å². The Bertz CT molecular complexity index is 1070. The molecule has 0 aliphatic heterocycles. The van der Waals surface area contributed by atoms with E-state index in [4.69, 9.17) is 11.6 Å². The van der Waals surface area contributed by atoms with E-state index in [1.165, 1.54) is 24.0 Å². The van der Waals surface area contributed by atoms with E-state index in [9.17, 15) is 4.79 Å². The van der Waals surface area contributed by atoms with E-state index < -0.39 is 0 Å². The van der Waals surface area contributed by atoms with Crippen molar-refractivity contribution >= 4 is 29.2 Å². The second-order valence-corrected chi connectivity index (χ2v) is 8.28. The van der Waals surface area contributed by atoms with Crippen LogP contribution in [0.5, 0.6) is 0 Å². The van der Waals surface area contributed by atoms with Crippen molar-refractivity contribution in [2.75, 3.05) is 0 Å². The first-order valence-corrected chi connectivity index (χ1v) is 10.9. The van der Waals surface area contributed by atoms with Gasteiger partial charge in [-0.3, -0.25) is 4.79 Å². The molecule has 30 heavy (non-hydrogen) atoms. The molecule has 4 rings (SSSR count). The fourth-order valence-electron chi connectivity index (χ4n) is 4.03. The predicted molar refractivity (Wildman–Crippen MR) is 125 cm³/mol. The van der Waals surface area contributed by atoms with Crippen LogP contribution < -0.4 is 5.32 Å². The minimum atomic E-state index is -0.105. The molecule has 0 spiro atoms.